The molecular formula is C19H17F3N4S. The van der Waals surface area contributed by atoms with E-state index in [1.165, 1.54) is 12.1 Å². The summed E-state index contributed by atoms with van der Waals surface area (Å²) in [5.74, 6) is 0.464. The highest BCUT2D eigenvalue weighted by Crippen LogP contribution is 2.30. The molecule has 1 aliphatic heterocycles. The van der Waals surface area contributed by atoms with Crippen molar-refractivity contribution in [3.63, 3.8) is 0 Å². The van der Waals surface area contributed by atoms with Crippen molar-refractivity contribution in [2.24, 2.45) is 0 Å². The largest absolute Gasteiger partial charge is 0.416 e. The highest BCUT2D eigenvalue weighted by molar-refractivity contribution is 7.09. The Morgan fingerprint density at radius 2 is 1.93 bits per heavy atom. The number of aromatic nitrogens is 3. The number of aryl methyl sites for hydroxylation is 1. The Morgan fingerprint density at radius 3 is 2.59 bits per heavy atom. The predicted molar refractivity (Wildman–Crippen MR) is 97.1 cm³/mol. The fraction of sp³-hybridized carbons (Fsp3) is 0.316. The van der Waals surface area contributed by atoms with Gasteiger partial charge >= 0.3 is 6.18 Å². The van der Waals surface area contributed by atoms with Crippen molar-refractivity contribution in [1.29, 1.82) is 0 Å². The van der Waals surface area contributed by atoms with Gasteiger partial charge in [0, 0.05) is 48.8 Å². The lowest BCUT2D eigenvalue weighted by Gasteiger charge is -2.27. The third-order valence-corrected chi connectivity index (χ3v) is 5.36. The van der Waals surface area contributed by atoms with E-state index in [2.05, 4.69) is 25.2 Å². The van der Waals surface area contributed by atoms with E-state index in [-0.39, 0.29) is 0 Å². The van der Waals surface area contributed by atoms with Crippen molar-refractivity contribution in [2.75, 3.05) is 6.54 Å². The van der Waals surface area contributed by atoms with Gasteiger partial charge in [-0.2, -0.15) is 13.2 Å². The van der Waals surface area contributed by atoms with Gasteiger partial charge in [-0.1, -0.05) is 12.1 Å². The highest BCUT2D eigenvalue weighted by atomic mass is 32.1. The van der Waals surface area contributed by atoms with Crippen molar-refractivity contribution < 1.29 is 13.2 Å². The van der Waals surface area contributed by atoms with Crippen LogP contribution in [0.5, 0.6) is 0 Å². The van der Waals surface area contributed by atoms with Gasteiger partial charge in [0.15, 0.2) is 5.82 Å². The SMILES string of the molecule is Cc1nc(CN2CCc3nc(-c4ccc(C(F)(F)F)cc4)ncc3C2)cs1. The van der Waals surface area contributed by atoms with E-state index in [1.54, 1.807) is 17.5 Å². The topological polar surface area (TPSA) is 41.9 Å². The number of nitrogens with zero attached hydrogens (tertiary/aromatic N) is 4. The van der Waals surface area contributed by atoms with Gasteiger partial charge in [-0.05, 0) is 19.1 Å². The molecule has 0 aliphatic carbocycles. The van der Waals surface area contributed by atoms with Crippen LogP contribution in [0.1, 0.15) is 27.5 Å². The lowest BCUT2D eigenvalue weighted by molar-refractivity contribution is -0.137. The van der Waals surface area contributed by atoms with E-state index in [1.807, 2.05) is 6.92 Å². The lowest BCUT2D eigenvalue weighted by atomic mass is 10.1. The number of thiazole rings is 1. The summed E-state index contributed by atoms with van der Waals surface area (Å²) >= 11 is 1.65. The quantitative estimate of drug-likeness (QED) is 0.661. The molecule has 140 valence electrons. The van der Waals surface area contributed by atoms with Crippen LogP contribution in [-0.2, 0) is 25.7 Å². The number of halogens is 3. The minimum Gasteiger partial charge on any atom is -0.293 e. The Balaban J connectivity index is 1.50. The second-order valence-corrected chi connectivity index (χ2v) is 7.62. The molecule has 8 heteroatoms. The maximum absolute atomic E-state index is 12.7. The highest BCUT2D eigenvalue weighted by Gasteiger charge is 2.30. The van der Waals surface area contributed by atoms with Gasteiger partial charge in [-0.3, -0.25) is 4.90 Å². The maximum atomic E-state index is 12.7. The van der Waals surface area contributed by atoms with Gasteiger partial charge < -0.3 is 0 Å². The molecule has 0 saturated carbocycles. The molecule has 0 amide bonds. The van der Waals surface area contributed by atoms with Crippen molar-refractivity contribution in [3.05, 3.63) is 63.4 Å². The molecule has 0 atom stereocenters. The average molecular weight is 390 g/mol. The molecule has 0 fully saturated rings. The van der Waals surface area contributed by atoms with Gasteiger partial charge in [0.1, 0.15) is 0 Å². The van der Waals surface area contributed by atoms with E-state index >= 15 is 0 Å². The van der Waals surface area contributed by atoms with Crippen LogP contribution in [0.25, 0.3) is 11.4 Å². The molecule has 2 aromatic heterocycles. The third kappa shape index (κ3) is 4.01. The number of benzene rings is 1. The predicted octanol–water partition coefficient (Wildman–Crippen LogP) is 4.49. The first-order chi connectivity index (χ1) is 12.9. The van der Waals surface area contributed by atoms with Crippen LogP contribution in [0.2, 0.25) is 0 Å². The van der Waals surface area contributed by atoms with Gasteiger partial charge in [-0.15, -0.1) is 11.3 Å². The van der Waals surface area contributed by atoms with Crippen molar-refractivity contribution >= 4 is 11.3 Å². The first kappa shape index (κ1) is 18.1. The summed E-state index contributed by atoms with van der Waals surface area (Å²) in [5, 5.41) is 3.14. The Labute approximate surface area is 158 Å². The summed E-state index contributed by atoms with van der Waals surface area (Å²) in [6.07, 6.45) is -1.77. The summed E-state index contributed by atoms with van der Waals surface area (Å²) in [6.45, 7) is 4.41. The molecule has 3 aromatic rings. The molecule has 27 heavy (non-hydrogen) atoms. The maximum Gasteiger partial charge on any atom is 0.416 e. The van der Waals surface area contributed by atoms with Crippen LogP contribution in [0.15, 0.2) is 35.8 Å². The molecule has 0 unspecified atom stereocenters. The zero-order valence-corrected chi connectivity index (χ0v) is 15.4. The Bertz CT molecular complexity index is 950. The van der Waals surface area contributed by atoms with Crippen molar-refractivity contribution in [2.45, 2.75) is 32.6 Å². The molecule has 4 nitrogen and oxygen atoms in total. The summed E-state index contributed by atoms with van der Waals surface area (Å²) in [6, 6.07) is 4.97. The molecule has 0 saturated heterocycles. The van der Waals surface area contributed by atoms with Crippen LogP contribution in [-0.4, -0.2) is 26.4 Å². The number of rotatable bonds is 3. The van der Waals surface area contributed by atoms with E-state index in [0.717, 1.165) is 60.1 Å². The van der Waals surface area contributed by atoms with Crippen LogP contribution in [0.3, 0.4) is 0 Å². The standard InChI is InChI=1S/C19H17F3N4S/c1-12-24-16(11-27-12)10-26-7-6-17-14(9-26)8-23-18(25-17)13-2-4-15(5-3-13)19(20,21)22/h2-5,8,11H,6-7,9-10H2,1H3. The second-order valence-electron chi connectivity index (χ2n) is 6.56. The van der Waals surface area contributed by atoms with Crippen LogP contribution in [0.4, 0.5) is 13.2 Å². The van der Waals surface area contributed by atoms with Crippen LogP contribution >= 0.6 is 11.3 Å². The fourth-order valence-corrected chi connectivity index (χ4v) is 3.77. The summed E-state index contributed by atoms with van der Waals surface area (Å²) < 4.78 is 38.1. The smallest absolute Gasteiger partial charge is 0.293 e. The zero-order valence-electron chi connectivity index (χ0n) is 14.6. The van der Waals surface area contributed by atoms with Crippen LogP contribution in [0, 0.1) is 6.92 Å². The van der Waals surface area contributed by atoms with E-state index in [4.69, 9.17) is 0 Å². The fourth-order valence-electron chi connectivity index (χ4n) is 3.17. The molecule has 1 aromatic carbocycles. The van der Waals surface area contributed by atoms with E-state index in [9.17, 15) is 13.2 Å². The average Bonchev–Trinajstić information content (AvgIpc) is 3.05. The number of alkyl halides is 3. The molecule has 1 aliphatic rings. The monoisotopic (exact) mass is 390 g/mol. The molecule has 0 radical (unpaired) electrons. The van der Waals surface area contributed by atoms with Crippen molar-refractivity contribution in [1.82, 2.24) is 19.9 Å². The normalized spacial score (nSPS) is 15.0. The van der Waals surface area contributed by atoms with Gasteiger partial charge in [0.2, 0.25) is 0 Å². The van der Waals surface area contributed by atoms with Gasteiger partial charge in [-0.25, -0.2) is 15.0 Å². The van der Waals surface area contributed by atoms with Gasteiger partial charge in [0.05, 0.1) is 22.0 Å². The molecule has 0 N–H and O–H groups in total. The number of fused-ring (bicyclic) bond motifs is 1. The molecule has 3 heterocycles. The Kier molecular flexibility index (Phi) is 4.69. The first-order valence-electron chi connectivity index (χ1n) is 8.54. The summed E-state index contributed by atoms with van der Waals surface area (Å²) in [5.41, 5.74) is 3.01. The summed E-state index contributed by atoms with van der Waals surface area (Å²) in [4.78, 5) is 15.8. The van der Waals surface area contributed by atoms with Gasteiger partial charge in [0.25, 0.3) is 0 Å². The Morgan fingerprint density at radius 1 is 1.15 bits per heavy atom. The summed E-state index contributed by atoms with van der Waals surface area (Å²) in [7, 11) is 0. The molecule has 4 rings (SSSR count). The third-order valence-electron chi connectivity index (χ3n) is 4.54. The zero-order chi connectivity index (χ0) is 19.0. The number of hydrogen-bond donors (Lipinski definition) is 0. The first-order valence-corrected chi connectivity index (χ1v) is 9.42. The molecular weight excluding hydrogens is 373 g/mol. The van der Waals surface area contributed by atoms with E-state index < -0.39 is 11.7 Å². The second kappa shape index (κ2) is 7.01. The Hall–Kier alpha value is -2.32. The number of hydrogen-bond acceptors (Lipinski definition) is 5. The minimum absolute atomic E-state index is 0.464. The van der Waals surface area contributed by atoms with E-state index in [0.29, 0.717) is 11.4 Å². The lowest BCUT2D eigenvalue weighted by Crippen LogP contribution is -2.31. The van der Waals surface area contributed by atoms with Crippen molar-refractivity contribution in [3.8, 4) is 11.4 Å². The molecule has 0 bridgehead atoms. The minimum atomic E-state index is -4.34. The van der Waals surface area contributed by atoms with Crippen LogP contribution < -0.4 is 0 Å². The molecule has 0 spiro atoms.